The maximum atomic E-state index is 12.6. The Balaban J connectivity index is 1.51. The number of carbonyl (C=O) groups is 1. The second-order valence-corrected chi connectivity index (χ2v) is 9.81. The molecular weight excluding hydrogens is 372 g/mol. The van der Waals surface area contributed by atoms with Crippen LogP contribution < -0.4 is 5.32 Å². The summed E-state index contributed by atoms with van der Waals surface area (Å²) in [6.45, 7) is 0.817. The normalized spacial score (nSPS) is 20.8. The van der Waals surface area contributed by atoms with Crippen LogP contribution in [-0.4, -0.2) is 37.8 Å². The SMILES string of the molecule is O=C(NC1CCCCC1)C1CCN(S(=O)(=O)Cc2cccc(Cl)c2)CC1. The predicted molar refractivity (Wildman–Crippen MR) is 103 cm³/mol. The van der Waals surface area contributed by atoms with Gasteiger partial charge in [-0.3, -0.25) is 4.79 Å². The molecule has 0 spiro atoms. The highest BCUT2D eigenvalue weighted by Gasteiger charge is 2.32. The Labute approximate surface area is 161 Å². The number of sulfonamides is 1. The number of nitrogens with one attached hydrogen (secondary N) is 1. The van der Waals surface area contributed by atoms with Crippen molar-refractivity contribution >= 4 is 27.5 Å². The van der Waals surface area contributed by atoms with Gasteiger partial charge in [-0.15, -0.1) is 0 Å². The van der Waals surface area contributed by atoms with Gasteiger partial charge in [0.2, 0.25) is 15.9 Å². The highest BCUT2D eigenvalue weighted by atomic mass is 35.5. The number of halogens is 1. The van der Waals surface area contributed by atoms with Crippen molar-refractivity contribution in [2.24, 2.45) is 5.92 Å². The van der Waals surface area contributed by atoms with Gasteiger partial charge in [-0.25, -0.2) is 12.7 Å². The second-order valence-electron chi connectivity index (χ2n) is 7.40. The molecular formula is C19H27ClN2O3S. The van der Waals surface area contributed by atoms with E-state index in [1.54, 1.807) is 24.3 Å². The van der Waals surface area contributed by atoms with Gasteiger partial charge in [0, 0.05) is 30.1 Å². The minimum Gasteiger partial charge on any atom is -0.353 e. The zero-order valence-corrected chi connectivity index (χ0v) is 16.6. The van der Waals surface area contributed by atoms with E-state index in [2.05, 4.69) is 5.32 Å². The first-order valence-corrected chi connectivity index (χ1v) is 11.5. The van der Waals surface area contributed by atoms with Gasteiger partial charge in [0.15, 0.2) is 0 Å². The van der Waals surface area contributed by atoms with Gasteiger partial charge >= 0.3 is 0 Å². The molecule has 1 saturated carbocycles. The molecule has 3 rings (SSSR count). The van der Waals surface area contributed by atoms with Gasteiger partial charge < -0.3 is 5.32 Å². The van der Waals surface area contributed by atoms with E-state index in [1.165, 1.54) is 23.6 Å². The summed E-state index contributed by atoms with van der Waals surface area (Å²) in [4.78, 5) is 12.5. The minimum absolute atomic E-state index is 0.0491. The van der Waals surface area contributed by atoms with Crippen molar-refractivity contribution in [2.45, 2.75) is 56.7 Å². The lowest BCUT2D eigenvalue weighted by Gasteiger charge is -2.32. The predicted octanol–water partition coefficient (Wildman–Crippen LogP) is 3.33. The molecule has 1 heterocycles. The number of piperidine rings is 1. The minimum atomic E-state index is -3.39. The van der Waals surface area contributed by atoms with Gasteiger partial charge in [0.25, 0.3) is 0 Å². The first-order valence-electron chi connectivity index (χ1n) is 9.47. The molecule has 0 bridgehead atoms. The van der Waals surface area contributed by atoms with Crippen LogP contribution in [0.15, 0.2) is 24.3 Å². The maximum absolute atomic E-state index is 12.6. The fourth-order valence-electron chi connectivity index (χ4n) is 3.89. The van der Waals surface area contributed by atoms with Crippen LogP contribution >= 0.6 is 11.6 Å². The lowest BCUT2D eigenvalue weighted by Crippen LogP contribution is -2.45. The van der Waals surface area contributed by atoms with E-state index in [1.807, 2.05) is 0 Å². The van der Waals surface area contributed by atoms with Crippen LogP contribution in [0.4, 0.5) is 0 Å². The number of nitrogens with zero attached hydrogens (tertiary/aromatic N) is 1. The van der Waals surface area contributed by atoms with Crippen molar-refractivity contribution in [1.82, 2.24) is 9.62 Å². The molecule has 7 heteroatoms. The molecule has 0 unspecified atom stereocenters. The summed E-state index contributed by atoms with van der Waals surface area (Å²) in [5.41, 5.74) is 0.690. The Hall–Kier alpha value is -1.11. The molecule has 0 atom stereocenters. The molecule has 1 saturated heterocycles. The van der Waals surface area contributed by atoms with E-state index >= 15 is 0 Å². The van der Waals surface area contributed by atoms with Crippen LogP contribution in [0.3, 0.4) is 0 Å². The van der Waals surface area contributed by atoms with Crippen LogP contribution in [0, 0.1) is 5.92 Å². The van der Waals surface area contributed by atoms with Gasteiger partial charge in [0.1, 0.15) is 0 Å². The summed E-state index contributed by atoms with van der Waals surface area (Å²) >= 11 is 5.94. The zero-order chi connectivity index (χ0) is 18.6. The van der Waals surface area contributed by atoms with Crippen molar-refractivity contribution in [2.75, 3.05) is 13.1 Å². The fraction of sp³-hybridized carbons (Fsp3) is 0.632. The summed E-state index contributed by atoms with van der Waals surface area (Å²) in [6.07, 6.45) is 6.95. The van der Waals surface area contributed by atoms with Gasteiger partial charge in [0.05, 0.1) is 5.75 Å². The van der Waals surface area contributed by atoms with E-state index in [-0.39, 0.29) is 17.6 Å². The molecule has 1 aromatic rings. The summed E-state index contributed by atoms with van der Waals surface area (Å²) in [5.74, 6) is -0.0229. The molecule has 2 aliphatic rings. The molecule has 0 aromatic heterocycles. The number of hydrogen-bond donors (Lipinski definition) is 1. The Bertz CT molecular complexity index is 724. The third-order valence-corrected chi connectivity index (χ3v) is 7.49. The van der Waals surface area contributed by atoms with E-state index in [4.69, 9.17) is 11.6 Å². The largest absolute Gasteiger partial charge is 0.353 e. The molecule has 1 N–H and O–H groups in total. The molecule has 5 nitrogen and oxygen atoms in total. The monoisotopic (exact) mass is 398 g/mol. The van der Waals surface area contributed by atoms with Gasteiger partial charge in [-0.1, -0.05) is 43.0 Å². The first-order chi connectivity index (χ1) is 12.4. The highest BCUT2D eigenvalue weighted by Crippen LogP contribution is 2.24. The van der Waals surface area contributed by atoms with Crippen LogP contribution in [0.1, 0.15) is 50.5 Å². The summed E-state index contributed by atoms with van der Waals surface area (Å²) in [7, 11) is -3.39. The van der Waals surface area contributed by atoms with Crippen molar-refractivity contribution in [3.05, 3.63) is 34.9 Å². The lowest BCUT2D eigenvalue weighted by molar-refractivity contribution is -0.127. The van der Waals surface area contributed by atoms with Crippen LogP contribution in [-0.2, 0) is 20.6 Å². The summed E-state index contributed by atoms with van der Waals surface area (Å²) < 4.78 is 26.8. The number of hydrogen-bond acceptors (Lipinski definition) is 3. The first kappa shape index (κ1) is 19.6. The van der Waals surface area contributed by atoms with E-state index in [0.29, 0.717) is 42.6 Å². The van der Waals surface area contributed by atoms with Crippen molar-refractivity contribution in [3.63, 3.8) is 0 Å². The van der Waals surface area contributed by atoms with E-state index in [0.717, 1.165) is 12.8 Å². The fourth-order valence-corrected chi connectivity index (χ4v) is 5.65. The van der Waals surface area contributed by atoms with Crippen molar-refractivity contribution in [1.29, 1.82) is 0 Å². The third-order valence-electron chi connectivity index (χ3n) is 5.41. The molecule has 0 radical (unpaired) electrons. The van der Waals surface area contributed by atoms with Crippen LogP contribution in [0.25, 0.3) is 0 Å². The molecule has 2 fully saturated rings. The topological polar surface area (TPSA) is 66.5 Å². The van der Waals surface area contributed by atoms with E-state index in [9.17, 15) is 13.2 Å². The smallest absolute Gasteiger partial charge is 0.223 e. The van der Waals surface area contributed by atoms with Gasteiger partial charge in [-0.05, 0) is 43.4 Å². The summed E-state index contributed by atoms with van der Waals surface area (Å²) in [5, 5.41) is 3.70. The Morgan fingerprint density at radius 1 is 1.12 bits per heavy atom. The van der Waals surface area contributed by atoms with Crippen molar-refractivity contribution < 1.29 is 13.2 Å². The average molecular weight is 399 g/mol. The summed E-state index contributed by atoms with van der Waals surface area (Å²) in [6, 6.07) is 7.25. The Kier molecular flexibility index (Phi) is 6.59. The standard InChI is InChI=1S/C19H27ClN2O3S/c20-17-6-4-5-15(13-17)14-26(24,25)22-11-9-16(10-12-22)19(23)21-18-7-2-1-3-8-18/h4-6,13,16,18H,1-3,7-12,14H2,(H,21,23). The zero-order valence-electron chi connectivity index (χ0n) is 15.0. The van der Waals surface area contributed by atoms with Crippen molar-refractivity contribution in [3.8, 4) is 0 Å². The average Bonchev–Trinajstić information content (AvgIpc) is 2.62. The number of benzene rings is 1. The molecule has 1 aromatic carbocycles. The molecule has 1 aliphatic heterocycles. The van der Waals surface area contributed by atoms with Crippen LogP contribution in [0.2, 0.25) is 5.02 Å². The van der Waals surface area contributed by atoms with Gasteiger partial charge in [-0.2, -0.15) is 0 Å². The Morgan fingerprint density at radius 2 is 1.81 bits per heavy atom. The quantitative estimate of drug-likeness (QED) is 0.827. The van der Waals surface area contributed by atoms with Crippen LogP contribution in [0.5, 0.6) is 0 Å². The maximum Gasteiger partial charge on any atom is 0.223 e. The molecule has 26 heavy (non-hydrogen) atoms. The molecule has 144 valence electrons. The number of rotatable bonds is 5. The second kappa shape index (κ2) is 8.72. The lowest BCUT2D eigenvalue weighted by atomic mass is 9.93. The third kappa shape index (κ3) is 5.21. The Morgan fingerprint density at radius 3 is 2.46 bits per heavy atom. The number of amides is 1. The van der Waals surface area contributed by atoms with E-state index < -0.39 is 10.0 Å². The molecule has 1 aliphatic carbocycles. The molecule has 1 amide bonds. The highest BCUT2D eigenvalue weighted by molar-refractivity contribution is 7.88. The number of carbonyl (C=O) groups excluding carboxylic acids is 1.